The smallest absolute Gasteiger partial charge is 0.360 e. The molecule has 0 fully saturated rings. The van der Waals surface area contributed by atoms with Crippen molar-refractivity contribution in [1.29, 1.82) is 0 Å². The Labute approximate surface area is 95.8 Å². The summed E-state index contributed by atoms with van der Waals surface area (Å²) in [6, 6.07) is 0.257. The zero-order chi connectivity index (χ0) is 12.1. The van der Waals surface area contributed by atoms with Gasteiger partial charge >= 0.3 is 5.97 Å². The molecular formula is C11H19N3O2. The largest absolute Gasteiger partial charge is 0.464 e. The summed E-state index contributed by atoms with van der Waals surface area (Å²) in [6.07, 6.45) is 2.70. The molecule has 0 N–H and O–H groups in total. The van der Waals surface area contributed by atoms with Crippen LogP contribution in [0.4, 0.5) is 0 Å². The molecule has 1 aromatic rings. The third-order valence-corrected chi connectivity index (χ3v) is 2.66. The molecule has 5 heteroatoms. The van der Waals surface area contributed by atoms with Crippen LogP contribution in [0.15, 0.2) is 0 Å². The number of esters is 1. The first kappa shape index (κ1) is 12.7. The normalized spacial score (nSPS) is 12.5. The first-order valence-electron chi connectivity index (χ1n) is 5.68. The second-order valence-corrected chi connectivity index (χ2v) is 3.83. The molecule has 0 bridgehead atoms. The van der Waals surface area contributed by atoms with Crippen LogP contribution in [0.3, 0.4) is 0 Å². The van der Waals surface area contributed by atoms with Gasteiger partial charge in [0, 0.05) is 0 Å². The maximum absolute atomic E-state index is 11.5. The zero-order valence-electron chi connectivity index (χ0n) is 10.4. The molecule has 1 aromatic heterocycles. The van der Waals surface area contributed by atoms with Crippen molar-refractivity contribution in [3.63, 3.8) is 0 Å². The van der Waals surface area contributed by atoms with E-state index >= 15 is 0 Å². The van der Waals surface area contributed by atoms with Crippen molar-refractivity contribution in [1.82, 2.24) is 15.0 Å². The lowest BCUT2D eigenvalue weighted by molar-refractivity contribution is 0.0592. The van der Waals surface area contributed by atoms with Crippen LogP contribution in [0.1, 0.15) is 55.8 Å². The first-order valence-corrected chi connectivity index (χ1v) is 5.68. The van der Waals surface area contributed by atoms with E-state index in [1.54, 1.807) is 0 Å². The SMILES string of the molecule is CCCc1c(C(=O)OC)nnn1C(C)CC. The van der Waals surface area contributed by atoms with E-state index in [0.29, 0.717) is 5.69 Å². The van der Waals surface area contributed by atoms with E-state index in [-0.39, 0.29) is 6.04 Å². The van der Waals surface area contributed by atoms with Crippen molar-refractivity contribution in [3.8, 4) is 0 Å². The van der Waals surface area contributed by atoms with Gasteiger partial charge in [0.25, 0.3) is 0 Å². The highest BCUT2D eigenvalue weighted by Gasteiger charge is 2.21. The fraction of sp³-hybridized carbons (Fsp3) is 0.727. The van der Waals surface area contributed by atoms with Gasteiger partial charge in [-0.05, 0) is 19.8 Å². The van der Waals surface area contributed by atoms with Gasteiger partial charge in [0.1, 0.15) is 0 Å². The fourth-order valence-electron chi connectivity index (χ4n) is 1.57. The minimum Gasteiger partial charge on any atom is -0.464 e. The number of aromatic nitrogens is 3. The monoisotopic (exact) mass is 225 g/mol. The van der Waals surface area contributed by atoms with E-state index < -0.39 is 5.97 Å². The van der Waals surface area contributed by atoms with Crippen molar-refractivity contribution >= 4 is 5.97 Å². The fourth-order valence-corrected chi connectivity index (χ4v) is 1.57. The Morgan fingerprint density at radius 1 is 1.50 bits per heavy atom. The lowest BCUT2D eigenvalue weighted by atomic mass is 10.2. The highest BCUT2D eigenvalue weighted by atomic mass is 16.5. The molecule has 0 radical (unpaired) electrons. The van der Waals surface area contributed by atoms with Crippen LogP contribution in [-0.4, -0.2) is 28.1 Å². The third-order valence-electron chi connectivity index (χ3n) is 2.66. The van der Waals surface area contributed by atoms with Crippen LogP contribution in [0.25, 0.3) is 0 Å². The second-order valence-electron chi connectivity index (χ2n) is 3.83. The molecular weight excluding hydrogens is 206 g/mol. The molecule has 1 heterocycles. The summed E-state index contributed by atoms with van der Waals surface area (Å²) in [5.41, 5.74) is 1.23. The molecule has 1 unspecified atom stereocenters. The quantitative estimate of drug-likeness (QED) is 0.719. The predicted molar refractivity (Wildman–Crippen MR) is 60.4 cm³/mol. The minimum absolute atomic E-state index is 0.257. The summed E-state index contributed by atoms with van der Waals surface area (Å²) in [7, 11) is 1.36. The summed E-state index contributed by atoms with van der Waals surface area (Å²) in [6.45, 7) is 6.21. The maximum atomic E-state index is 11.5. The molecule has 16 heavy (non-hydrogen) atoms. The number of carbonyl (C=O) groups is 1. The van der Waals surface area contributed by atoms with Crippen LogP contribution in [-0.2, 0) is 11.2 Å². The lowest BCUT2D eigenvalue weighted by Crippen LogP contribution is -2.12. The van der Waals surface area contributed by atoms with Crippen molar-refractivity contribution in [2.75, 3.05) is 7.11 Å². The van der Waals surface area contributed by atoms with E-state index in [0.717, 1.165) is 25.0 Å². The highest BCUT2D eigenvalue weighted by Crippen LogP contribution is 2.16. The minimum atomic E-state index is -0.405. The van der Waals surface area contributed by atoms with E-state index in [2.05, 4.69) is 31.1 Å². The van der Waals surface area contributed by atoms with Crippen molar-refractivity contribution in [3.05, 3.63) is 11.4 Å². The average molecular weight is 225 g/mol. The van der Waals surface area contributed by atoms with Gasteiger partial charge in [-0.3, -0.25) is 0 Å². The van der Waals surface area contributed by atoms with Gasteiger partial charge < -0.3 is 4.74 Å². The lowest BCUT2D eigenvalue weighted by Gasteiger charge is -2.12. The maximum Gasteiger partial charge on any atom is 0.360 e. The van der Waals surface area contributed by atoms with E-state index in [1.165, 1.54) is 7.11 Å². The topological polar surface area (TPSA) is 57.0 Å². The number of methoxy groups -OCH3 is 1. The molecule has 0 saturated heterocycles. The highest BCUT2D eigenvalue weighted by molar-refractivity contribution is 5.88. The predicted octanol–water partition coefficient (Wildman–Crippen LogP) is 1.99. The molecule has 0 amide bonds. The Morgan fingerprint density at radius 2 is 2.19 bits per heavy atom. The Balaban J connectivity index is 3.11. The Morgan fingerprint density at radius 3 is 2.69 bits per heavy atom. The van der Waals surface area contributed by atoms with Crippen LogP contribution in [0.5, 0.6) is 0 Å². The summed E-state index contributed by atoms with van der Waals surface area (Å²) < 4.78 is 6.52. The zero-order valence-corrected chi connectivity index (χ0v) is 10.4. The van der Waals surface area contributed by atoms with Gasteiger partial charge in [-0.25, -0.2) is 9.48 Å². The summed E-state index contributed by atoms with van der Waals surface area (Å²) in [5, 5.41) is 7.95. The Hall–Kier alpha value is -1.39. The Bertz CT molecular complexity index is 360. The molecule has 0 aromatic carbocycles. The number of nitrogens with zero attached hydrogens (tertiary/aromatic N) is 3. The van der Waals surface area contributed by atoms with Gasteiger partial charge in [-0.15, -0.1) is 5.10 Å². The van der Waals surface area contributed by atoms with Crippen molar-refractivity contribution < 1.29 is 9.53 Å². The number of ether oxygens (including phenoxy) is 1. The van der Waals surface area contributed by atoms with Gasteiger partial charge in [-0.1, -0.05) is 25.5 Å². The van der Waals surface area contributed by atoms with Gasteiger partial charge in [0.05, 0.1) is 18.8 Å². The van der Waals surface area contributed by atoms with Gasteiger partial charge in [-0.2, -0.15) is 0 Å². The number of carbonyl (C=O) groups excluding carboxylic acids is 1. The van der Waals surface area contributed by atoms with E-state index in [1.807, 2.05) is 4.68 Å². The number of hydrogen-bond donors (Lipinski definition) is 0. The summed E-state index contributed by atoms with van der Waals surface area (Å²) in [5.74, 6) is -0.405. The molecule has 0 aliphatic carbocycles. The number of rotatable bonds is 5. The van der Waals surface area contributed by atoms with Crippen LogP contribution >= 0.6 is 0 Å². The molecule has 0 spiro atoms. The molecule has 1 atom stereocenters. The van der Waals surface area contributed by atoms with Gasteiger partial charge in [0.2, 0.25) is 0 Å². The van der Waals surface area contributed by atoms with Crippen molar-refractivity contribution in [2.24, 2.45) is 0 Å². The number of hydrogen-bond acceptors (Lipinski definition) is 4. The molecule has 1 rings (SSSR count). The van der Waals surface area contributed by atoms with Crippen LogP contribution < -0.4 is 0 Å². The Kier molecular flexibility index (Phi) is 4.46. The van der Waals surface area contributed by atoms with E-state index in [9.17, 15) is 4.79 Å². The van der Waals surface area contributed by atoms with Crippen molar-refractivity contribution in [2.45, 2.75) is 46.1 Å². The summed E-state index contributed by atoms with van der Waals surface area (Å²) in [4.78, 5) is 11.5. The molecule has 5 nitrogen and oxygen atoms in total. The third kappa shape index (κ3) is 2.40. The average Bonchev–Trinajstić information content (AvgIpc) is 2.71. The molecule has 0 aliphatic rings. The van der Waals surface area contributed by atoms with Crippen LogP contribution in [0.2, 0.25) is 0 Å². The van der Waals surface area contributed by atoms with E-state index in [4.69, 9.17) is 4.74 Å². The molecule has 0 aliphatic heterocycles. The standard InChI is InChI=1S/C11H19N3O2/c1-5-7-9-10(11(15)16-4)12-13-14(9)8(3)6-2/h8H,5-7H2,1-4H3. The summed E-state index contributed by atoms with van der Waals surface area (Å²) >= 11 is 0. The second kappa shape index (κ2) is 5.63. The van der Waals surface area contributed by atoms with Gasteiger partial charge in [0.15, 0.2) is 5.69 Å². The molecule has 0 saturated carbocycles. The first-order chi connectivity index (χ1) is 7.65. The molecule has 90 valence electrons. The van der Waals surface area contributed by atoms with Crippen LogP contribution in [0, 0.1) is 0 Å².